The maximum absolute atomic E-state index is 10.7. The van der Waals surface area contributed by atoms with E-state index in [0.717, 1.165) is 0 Å². The van der Waals surface area contributed by atoms with Crippen LogP contribution >= 0.6 is 0 Å². The Morgan fingerprint density at radius 3 is 2.10 bits per heavy atom. The molecule has 0 saturated carbocycles. The Morgan fingerprint density at radius 2 is 1.85 bits per heavy atom. The van der Waals surface area contributed by atoms with Crippen molar-refractivity contribution >= 4 is 23.9 Å². The van der Waals surface area contributed by atoms with Gasteiger partial charge in [-0.2, -0.15) is 0 Å². The quantitative estimate of drug-likeness (QED) is 0.217. The van der Waals surface area contributed by atoms with E-state index >= 15 is 0 Å². The molecule has 20 heavy (non-hydrogen) atoms. The van der Waals surface area contributed by atoms with Crippen molar-refractivity contribution in [3.63, 3.8) is 0 Å². The number of aliphatic hydroxyl groups excluding tert-OH is 1. The number of hydrogen-bond donors (Lipinski definition) is 5. The van der Waals surface area contributed by atoms with E-state index in [9.17, 15) is 14.4 Å². The minimum Gasteiger partial charge on any atom is -0.481 e. The number of carbonyl (C=O) groups is 3. The molecule has 1 atom stereocenters. The van der Waals surface area contributed by atoms with Crippen LogP contribution in [0.4, 0.5) is 0 Å². The fraction of sp³-hybridized carbons (Fsp3) is 0.600. The molecule has 0 amide bonds. The number of hydrogen-bond acceptors (Lipinski definition) is 6. The van der Waals surface area contributed by atoms with Crippen LogP contribution in [0.1, 0.15) is 13.3 Å². The molecule has 0 aromatic rings. The smallest absolute Gasteiger partial charge is 0.333 e. The SMILES string of the molecule is CCOC(=O)CN(C)C(=N)N.O=C(O)CC(O)C(=O)O. The molecular weight excluding hydrogens is 274 g/mol. The van der Waals surface area contributed by atoms with Gasteiger partial charge in [0.25, 0.3) is 0 Å². The molecule has 0 aliphatic heterocycles. The molecule has 0 radical (unpaired) electrons. The van der Waals surface area contributed by atoms with Crippen molar-refractivity contribution in [1.82, 2.24) is 4.90 Å². The third-order valence-electron chi connectivity index (χ3n) is 1.74. The van der Waals surface area contributed by atoms with Gasteiger partial charge >= 0.3 is 17.9 Å². The number of nitrogens with zero attached hydrogens (tertiary/aromatic N) is 1. The van der Waals surface area contributed by atoms with E-state index in [1.807, 2.05) is 0 Å². The molecule has 6 N–H and O–H groups in total. The van der Waals surface area contributed by atoms with Crippen LogP contribution in [0.15, 0.2) is 0 Å². The Bertz CT molecular complexity index is 359. The van der Waals surface area contributed by atoms with E-state index in [0.29, 0.717) is 6.61 Å². The van der Waals surface area contributed by atoms with Crippen LogP contribution in [0.25, 0.3) is 0 Å². The number of ether oxygens (including phenoxy) is 1. The van der Waals surface area contributed by atoms with Crippen molar-refractivity contribution in [1.29, 1.82) is 5.41 Å². The molecule has 0 rings (SSSR count). The largest absolute Gasteiger partial charge is 0.481 e. The Balaban J connectivity index is 0. The Labute approximate surface area is 115 Å². The molecule has 10 nitrogen and oxygen atoms in total. The number of esters is 1. The lowest BCUT2D eigenvalue weighted by molar-refractivity contribution is -0.152. The first-order chi connectivity index (χ1) is 9.11. The summed E-state index contributed by atoms with van der Waals surface area (Å²) in [6.07, 6.45) is -2.54. The Morgan fingerprint density at radius 1 is 1.35 bits per heavy atom. The predicted octanol–water partition coefficient (Wildman–Crippen LogP) is -1.72. The number of carboxylic acids is 2. The lowest BCUT2D eigenvalue weighted by Gasteiger charge is -2.14. The summed E-state index contributed by atoms with van der Waals surface area (Å²) in [6, 6.07) is 0. The zero-order valence-corrected chi connectivity index (χ0v) is 11.2. The van der Waals surface area contributed by atoms with E-state index in [2.05, 4.69) is 4.74 Å². The van der Waals surface area contributed by atoms with Crippen molar-refractivity contribution in [2.45, 2.75) is 19.4 Å². The van der Waals surface area contributed by atoms with Crippen molar-refractivity contribution in [2.75, 3.05) is 20.2 Å². The van der Waals surface area contributed by atoms with E-state index in [1.165, 1.54) is 4.90 Å². The number of nitrogens with one attached hydrogen (secondary N) is 1. The van der Waals surface area contributed by atoms with Gasteiger partial charge in [0.05, 0.1) is 13.0 Å². The zero-order valence-electron chi connectivity index (χ0n) is 11.2. The molecule has 1 unspecified atom stereocenters. The van der Waals surface area contributed by atoms with Crippen molar-refractivity contribution in [3.8, 4) is 0 Å². The maximum atomic E-state index is 10.7. The van der Waals surface area contributed by atoms with Gasteiger partial charge in [0.1, 0.15) is 6.54 Å². The Hall–Kier alpha value is -2.36. The highest BCUT2D eigenvalue weighted by atomic mass is 16.5. The van der Waals surface area contributed by atoms with E-state index in [1.54, 1.807) is 14.0 Å². The number of carboxylic acid groups (broad SMARTS) is 2. The van der Waals surface area contributed by atoms with Crippen molar-refractivity contribution < 1.29 is 34.4 Å². The van der Waals surface area contributed by atoms with Crippen LogP contribution in [0, 0.1) is 5.41 Å². The summed E-state index contributed by atoms with van der Waals surface area (Å²) in [4.78, 5) is 31.5. The van der Waals surface area contributed by atoms with Gasteiger partial charge in [-0.05, 0) is 6.92 Å². The highest BCUT2D eigenvalue weighted by Gasteiger charge is 2.16. The third-order valence-corrected chi connectivity index (χ3v) is 1.74. The molecule has 0 aliphatic carbocycles. The highest BCUT2D eigenvalue weighted by Crippen LogP contribution is 1.89. The fourth-order valence-electron chi connectivity index (χ4n) is 0.738. The van der Waals surface area contributed by atoms with Crippen LogP contribution < -0.4 is 5.73 Å². The number of aliphatic carboxylic acids is 2. The molecular formula is C10H19N3O7. The van der Waals surface area contributed by atoms with Crippen LogP contribution in [0.5, 0.6) is 0 Å². The second-order valence-corrected chi connectivity index (χ2v) is 3.50. The summed E-state index contributed by atoms with van der Waals surface area (Å²) >= 11 is 0. The van der Waals surface area contributed by atoms with Crippen LogP contribution in [-0.2, 0) is 19.1 Å². The standard InChI is InChI=1S/C6H13N3O2.C4H6O5/c1-3-11-5(10)4-9(2)6(7)8;5-2(4(8)9)1-3(6)7/h3-4H2,1-2H3,(H3,7,8);2,5H,1H2,(H,6,7)(H,8,9). The average molecular weight is 293 g/mol. The number of rotatable bonds is 6. The molecule has 116 valence electrons. The monoisotopic (exact) mass is 293 g/mol. The van der Waals surface area contributed by atoms with Gasteiger partial charge in [-0.1, -0.05) is 0 Å². The van der Waals surface area contributed by atoms with Gasteiger partial charge in [0, 0.05) is 7.05 Å². The maximum Gasteiger partial charge on any atom is 0.333 e. The molecule has 0 bridgehead atoms. The molecule has 10 heteroatoms. The van der Waals surface area contributed by atoms with E-state index in [-0.39, 0.29) is 18.5 Å². The summed E-state index contributed by atoms with van der Waals surface area (Å²) in [5.41, 5.74) is 5.08. The van der Waals surface area contributed by atoms with Gasteiger partial charge < -0.3 is 30.7 Å². The lowest BCUT2D eigenvalue weighted by atomic mass is 10.3. The van der Waals surface area contributed by atoms with Crippen LogP contribution in [0.3, 0.4) is 0 Å². The molecule has 0 aliphatic rings. The number of likely N-dealkylation sites (N-methyl/N-ethyl adjacent to an activating group) is 1. The van der Waals surface area contributed by atoms with E-state index in [4.69, 9.17) is 26.5 Å². The summed E-state index contributed by atoms with van der Waals surface area (Å²) in [5, 5.41) is 31.1. The van der Waals surface area contributed by atoms with Crippen molar-refractivity contribution in [3.05, 3.63) is 0 Å². The molecule has 0 saturated heterocycles. The summed E-state index contributed by atoms with van der Waals surface area (Å²) < 4.78 is 4.63. The number of aliphatic hydroxyl groups is 1. The Kier molecular flexibility index (Phi) is 10.5. The molecule has 0 spiro atoms. The molecule has 0 aromatic heterocycles. The number of carbonyl (C=O) groups excluding carboxylic acids is 1. The summed E-state index contributed by atoms with van der Waals surface area (Å²) in [7, 11) is 1.55. The highest BCUT2D eigenvalue weighted by molar-refractivity contribution is 5.81. The zero-order chi connectivity index (χ0) is 16.3. The lowest BCUT2D eigenvalue weighted by Crippen LogP contribution is -2.37. The first-order valence-electron chi connectivity index (χ1n) is 5.45. The predicted molar refractivity (Wildman–Crippen MR) is 67.1 cm³/mol. The van der Waals surface area contributed by atoms with Gasteiger partial charge in [-0.15, -0.1) is 0 Å². The fourth-order valence-corrected chi connectivity index (χ4v) is 0.738. The minimum absolute atomic E-state index is 0.0309. The van der Waals surface area contributed by atoms with E-state index < -0.39 is 24.5 Å². The van der Waals surface area contributed by atoms with Gasteiger partial charge in [0.15, 0.2) is 12.1 Å². The number of nitrogens with two attached hydrogens (primary N) is 1. The first-order valence-corrected chi connectivity index (χ1v) is 5.45. The molecule has 0 heterocycles. The average Bonchev–Trinajstić information content (AvgIpc) is 2.28. The number of guanidine groups is 1. The van der Waals surface area contributed by atoms with Crippen molar-refractivity contribution in [2.24, 2.45) is 5.73 Å². The summed E-state index contributed by atoms with van der Waals surface area (Å²) in [5.74, 6) is -3.36. The van der Waals surface area contributed by atoms with Gasteiger partial charge in [-0.25, -0.2) is 4.79 Å². The van der Waals surface area contributed by atoms with Gasteiger partial charge in [-0.3, -0.25) is 15.0 Å². The topological polar surface area (TPSA) is 174 Å². The van der Waals surface area contributed by atoms with Crippen LogP contribution in [-0.4, -0.2) is 70.4 Å². The summed E-state index contributed by atoms with van der Waals surface area (Å²) in [6.45, 7) is 2.11. The van der Waals surface area contributed by atoms with Gasteiger partial charge in [0.2, 0.25) is 0 Å². The third kappa shape index (κ3) is 12.1. The molecule has 0 fully saturated rings. The minimum atomic E-state index is -1.79. The normalized spacial score (nSPS) is 10.6. The second kappa shape index (κ2) is 10.6. The second-order valence-electron chi connectivity index (χ2n) is 3.50. The molecule has 0 aromatic carbocycles. The van der Waals surface area contributed by atoms with Crippen LogP contribution in [0.2, 0.25) is 0 Å². The first kappa shape index (κ1) is 20.0.